The SMILES string of the molecule is C[Si](C)(C)CCOC(=O)c1cccc(-c2cccc(C#N)n2)n1. The van der Waals surface area contributed by atoms with Crippen molar-refractivity contribution < 1.29 is 9.53 Å². The van der Waals surface area contributed by atoms with Crippen molar-refractivity contribution in [2.24, 2.45) is 0 Å². The topological polar surface area (TPSA) is 75.9 Å². The molecule has 0 saturated carbocycles. The first-order valence-electron chi connectivity index (χ1n) is 7.41. The molecule has 0 bridgehead atoms. The minimum absolute atomic E-state index is 0.252. The summed E-state index contributed by atoms with van der Waals surface area (Å²) in [5, 5.41) is 8.91. The molecule has 0 spiro atoms. The predicted molar refractivity (Wildman–Crippen MR) is 90.6 cm³/mol. The fraction of sp³-hybridized carbons (Fsp3) is 0.294. The first kappa shape index (κ1) is 16.8. The molecule has 0 aliphatic rings. The summed E-state index contributed by atoms with van der Waals surface area (Å²) in [5.74, 6) is -0.429. The summed E-state index contributed by atoms with van der Waals surface area (Å²) in [6.07, 6.45) is 0. The minimum Gasteiger partial charge on any atom is -0.461 e. The summed E-state index contributed by atoms with van der Waals surface area (Å²) in [5.41, 5.74) is 1.66. The molecule has 118 valence electrons. The van der Waals surface area contributed by atoms with Crippen LogP contribution in [0.3, 0.4) is 0 Å². The van der Waals surface area contributed by atoms with Gasteiger partial charge in [0.05, 0.1) is 18.0 Å². The number of aromatic nitrogens is 2. The predicted octanol–water partition coefficient (Wildman–Crippen LogP) is 3.51. The molecule has 0 aliphatic heterocycles. The molecule has 2 rings (SSSR count). The van der Waals surface area contributed by atoms with Gasteiger partial charge in [-0.15, -0.1) is 0 Å². The van der Waals surface area contributed by atoms with Crippen LogP contribution in [0.15, 0.2) is 36.4 Å². The number of pyridine rings is 2. The average Bonchev–Trinajstić information content (AvgIpc) is 2.54. The Labute approximate surface area is 137 Å². The van der Waals surface area contributed by atoms with Gasteiger partial charge in [-0.1, -0.05) is 31.8 Å². The minimum atomic E-state index is -1.24. The summed E-state index contributed by atoms with van der Waals surface area (Å²) in [6.45, 7) is 7.11. The van der Waals surface area contributed by atoms with Crippen molar-refractivity contribution in [2.45, 2.75) is 25.7 Å². The monoisotopic (exact) mass is 325 g/mol. The third-order valence-electron chi connectivity index (χ3n) is 3.17. The number of hydrogen-bond donors (Lipinski definition) is 0. The number of ether oxygens (including phenoxy) is 1. The number of esters is 1. The Balaban J connectivity index is 2.13. The molecule has 0 N–H and O–H groups in total. The summed E-state index contributed by atoms with van der Waals surface area (Å²) < 4.78 is 5.30. The molecule has 0 amide bonds. The number of nitriles is 1. The second-order valence-electron chi connectivity index (χ2n) is 6.37. The Morgan fingerprint density at radius 1 is 1.13 bits per heavy atom. The van der Waals surface area contributed by atoms with Gasteiger partial charge in [-0.2, -0.15) is 5.26 Å². The molecule has 6 heteroatoms. The molecular weight excluding hydrogens is 306 g/mol. The molecule has 0 radical (unpaired) electrons. The first-order chi connectivity index (χ1) is 10.9. The molecular formula is C17H19N3O2Si. The second kappa shape index (κ2) is 7.16. The number of nitrogens with zero attached hydrogens (tertiary/aromatic N) is 3. The van der Waals surface area contributed by atoms with Gasteiger partial charge >= 0.3 is 5.97 Å². The van der Waals surface area contributed by atoms with Crippen LogP contribution in [0.2, 0.25) is 25.7 Å². The Morgan fingerprint density at radius 2 is 1.78 bits per heavy atom. The van der Waals surface area contributed by atoms with Crippen molar-refractivity contribution in [3.63, 3.8) is 0 Å². The van der Waals surface area contributed by atoms with Gasteiger partial charge in [-0.25, -0.2) is 14.8 Å². The van der Waals surface area contributed by atoms with Gasteiger partial charge in [-0.05, 0) is 30.3 Å². The third kappa shape index (κ3) is 5.00. The van der Waals surface area contributed by atoms with Crippen molar-refractivity contribution in [3.8, 4) is 17.5 Å². The molecule has 0 atom stereocenters. The van der Waals surface area contributed by atoms with Gasteiger partial charge in [0, 0.05) is 8.07 Å². The Morgan fingerprint density at radius 3 is 2.43 bits per heavy atom. The highest BCUT2D eigenvalue weighted by Crippen LogP contribution is 2.16. The summed E-state index contributed by atoms with van der Waals surface area (Å²) in [4.78, 5) is 20.6. The van der Waals surface area contributed by atoms with Crippen molar-refractivity contribution in [1.82, 2.24) is 9.97 Å². The van der Waals surface area contributed by atoms with Crippen LogP contribution < -0.4 is 0 Å². The highest BCUT2D eigenvalue weighted by molar-refractivity contribution is 6.76. The van der Waals surface area contributed by atoms with Crippen molar-refractivity contribution >= 4 is 14.0 Å². The Hall–Kier alpha value is -2.52. The lowest BCUT2D eigenvalue weighted by molar-refractivity contribution is 0.0518. The zero-order valence-corrected chi connectivity index (χ0v) is 14.5. The van der Waals surface area contributed by atoms with E-state index in [1.807, 2.05) is 6.07 Å². The Bertz CT molecular complexity index is 748. The number of rotatable bonds is 5. The van der Waals surface area contributed by atoms with E-state index < -0.39 is 14.0 Å². The van der Waals surface area contributed by atoms with E-state index in [1.165, 1.54) is 0 Å². The maximum absolute atomic E-state index is 12.1. The fourth-order valence-electron chi connectivity index (χ4n) is 1.85. The largest absolute Gasteiger partial charge is 0.461 e. The quantitative estimate of drug-likeness (QED) is 0.621. The van der Waals surface area contributed by atoms with E-state index >= 15 is 0 Å². The van der Waals surface area contributed by atoms with Gasteiger partial charge in [0.2, 0.25) is 0 Å². The highest BCUT2D eigenvalue weighted by Gasteiger charge is 2.16. The molecule has 0 aliphatic carbocycles. The number of hydrogen-bond acceptors (Lipinski definition) is 5. The van der Waals surface area contributed by atoms with Gasteiger partial charge in [0.25, 0.3) is 0 Å². The smallest absolute Gasteiger partial charge is 0.356 e. The molecule has 2 aromatic rings. The molecule has 0 aromatic carbocycles. The van der Waals surface area contributed by atoms with E-state index in [9.17, 15) is 4.79 Å². The van der Waals surface area contributed by atoms with E-state index in [0.29, 0.717) is 23.7 Å². The molecule has 0 unspecified atom stereocenters. The summed E-state index contributed by atoms with van der Waals surface area (Å²) in [7, 11) is -1.24. The van der Waals surface area contributed by atoms with Crippen LogP contribution in [0.1, 0.15) is 16.2 Å². The fourth-order valence-corrected chi connectivity index (χ4v) is 2.57. The molecule has 0 saturated heterocycles. The summed E-state index contributed by atoms with van der Waals surface area (Å²) in [6, 6.07) is 13.1. The number of carbonyl (C=O) groups is 1. The van der Waals surface area contributed by atoms with Gasteiger partial charge in [-0.3, -0.25) is 0 Å². The molecule has 2 heterocycles. The molecule has 0 fully saturated rings. The third-order valence-corrected chi connectivity index (χ3v) is 4.87. The summed E-state index contributed by atoms with van der Waals surface area (Å²) >= 11 is 0. The van der Waals surface area contributed by atoms with Crippen LogP contribution in [0.4, 0.5) is 0 Å². The maximum atomic E-state index is 12.1. The van der Waals surface area contributed by atoms with Gasteiger partial charge < -0.3 is 4.74 Å². The Kier molecular flexibility index (Phi) is 5.24. The van der Waals surface area contributed by atoms with Crippen LogP contribution in [0.5, 0.6) is 0 Å². The standard InChI is InChI=1S/C17H19N3O2Si/c1-23(2,3)11-10-22-17(21)16-9-5-8-15(20-16)14-7-4-6-13(12-18)19-14/h4-9H,10-11H2,1-3H3. The van der Waals surface area contributed by atoms with Gasteiger partial charge in [0.15, 0.2) is 0 Å². The van der Waals surface area contributed by atoms with E-state index in [1.54, 1.807) is 36.4 Å². The van der Waals surface area contributed by atoms with Crippen molar-refractivity contribution in [1.29, 1.82) is 5.26 Å². The van der Waals surface area contributed by atoms with Crippen LogP contribution in [0.25, 0.3) is 11.4 Å². The lowest BCUT2D eigenvalue weighted by atomic mass is 10.2. The average molecular weight is 325 g/mol. The normalized spacial score (nSPS) is 10.9. The first-order valence-corrected chi connectivity index (χ1v) is 11.1. The van der Waals surface area contributed by atoms with E-state index in [4.69, 9.17) is 10.00 Å². The number of carbonyl (C=O) groups excluding carboxylic acids is 1. The zero-order valence-electron chi connectivity index (χ0n) is 13.5. The highest BCUT2D eigenvalue weighted by atomic mass is 28.3. The van der Waals surface area contributed by atoms with E-state index in [2.05, 4.69) is 29.6 Å². The van der Waals surface area contributed by atoms with Crippen molar-refractivity contribution in [3.05, 3.63) is 47.8 Å². The van der Waals surface area contributed by atoms with Crippen LogP contribution in [-0.4, -0.2) is 30.6 Å². The molecule has 23 heavy (non-hydrogen) atoms. The zero-order chi connectivity index (χ0) is 16.9. The maximum Gasteiger partial charge on any atom is 0.356 e. The van der Waals surface area contributed by atoms with Gasteiger partial charge in [0.1, 0.15) is 17.5 Å². The second-order valence-corrected chi connectivity index (χ2v) is 12.0. The van der Waals surface area contributed by atoms with Crippen LogP contribution in [-0.2, 0) is 4.74 Å². The lowest BCUT2D eigenvalue weighted by Gasteiger charge is -2.15. The lowest BCUT2D eigenvalue weighted by Crippen LogP contribution is -2.23. The molecule has 5 nitrogen and oxygen atoms in total. The van der Waals surface area contributed by atoms with Crippen LogP contribution in [0, 0.1) is 11.3 Å². The van der Waals surface area contributed by atoms with E-state index in [-0.39, 0.29) is 5.69 Å². The molecule has 2 aromatic heterocycles. The van der Waals surface area contributed by atoms with Crippen LogP contribution >= 0.6 is 0 Å². The van der Waals surface area contributed by atoms with Crippen molar-refractivity contribution in [2.75, 3.05) is 6.61 Å². The van der Waals surface area contributed by atoms with E-state index in [0.717, 1.165) is 6.04 Å².